The second-order valence-corrected chi connectivity index (χ2v) is 10.2. The minimum atomic E-state index is -0.484. The summed E-state index contributed by atoms with van der Waals surface area (Å²) < 4.78 is 2.11. The third kappa shape index (κ3) is 5.86. The van der Waals surface area contributed by atoms with Crippen LogP contribution in [0.3, 0.4) is 0 Å². The van der Waals surface area contributed by atoms with Crippen molar-refractivity contribution in [3.05, 3.63) is 102 Å². The molecular weight excluding hydrogens is 466 g/mol. The van der Waals surface area contributed by atoms with Crippen LogP contribution < -0.4 is 5.32 Å². The van der Waals surface area contributed by atoms with Crippen molar-refractivity contribution in [1.82, 2.24) is 19.7 Å². The molecule has 4 aromatic rings. The number of benzene rings is 3. The molecular formula is C29H31N5OS. The first-order valence-corrected chi connectivity index (χ1v) is 13.4. The fraction of sp³-hybridized carbons (Fsp3) is 0.276. The number of amides is 1. The number of carbonyl (C=O) groups excluding carboxylic acids is 1. The molecule has 2 heterocycles. The summed E-state index contributed by atoms with van der Waals surface area (Å²) in [5.74, 6) is 0.812. The first kappa shape index (κ1) is 24.3. The summed E-state index contributed by atoms with van der Waals surface area (Å²) in [7, 11) is 0. The summed E-state index contributed by atoms with van der Waals surface area (Å²) in [6.07, 6.45) is 3.73. The third-order valence-corrected chi connectivity index (χ3v) is 7.61. The maximum atomic E-state index is 13.6. The van der Waals surface area contributed by atoms with Crippen LogP contribution in [0.15, 0.2) is 90.1 Å². The van der Waals surface area contributed by atoms with Gasteiger partial charge in [0.25, 0.3) is 0 Å². The molecule has 0 bridgehead atoms. The topological polar surface area (TPSA) is 63.1 Å². The Bertz CT molecular complexity index is 1270. The lowest BCUT2D eigenvalue weighted by Gasteiger charge is -2.26. The van der Waals surface area contributed by atoms with Crippen molar-refractivity contribution in [2.45, 2.75) is 43.1 Å². The Hall–Kier alpha value is -3.42. The van der Waals surface area contributed by atoms with E-state index in [9.17, 15) is 4.79 Å². The SMILES string of the molecule is Cc1ccc(NC(=O)[C@@H](Sc2nnc(CN3CCCCC3)n2-c2ccccc2)c2ccccc2)cc1. The number of likely N-dealkylation sites (tertiary alicyclic amines) is 1. The van der Waals surface area contributed by atoms with Crippen molar-refractivity contribution in [2.24, 2.45) is 0 Å². The van der Waals surface area contributed by atoms with Gasteiger partial charge in [-0.05, 0) is 62.7 Å². The van der Waals surface area contributed by atoms with E-state index >= 15 is 0 Å². The standard InChI is InChI=1S/C29H31N5OS/c1-22-15-17-24(18-16-22)30-28(35)27(23-11-5-2-6-12-23)36-29-32-31-26(21-33-19-9-4-10-20-33)34(29)25-13-7-3-8-14-25/h2-3,5-8,11-18,27H,4,9-10,19-21H2,1H3,(H,30,35)/t27-/m0/s1. The molecule has 0 unspecified atom stereocenters. The molecule has 1 saturated heterocycles. The predicted octanol–water partition coefficient (Wildman–Crippen LogP) is 6.03. The molecule has 3 aromatic carbocycles. The van der Waals surface area contributed by atoms with Crippen molar-refractivity contribution < 1.29 is 4.79 Å². The van der Waals surface area contributed by atoms with Crippen LogP contribution >= 0.6 is 11.8 Å². The number of para-hydroxylation sites is 1. The molecule has 0 radical (unpaired) electrons. The van der Waals surface area contributed by atoms with E-state index < -0.39 is 5.25 Å². The van der Waals surface area contributed by atoms with E-state index in [4.69, 9.17) is 0 Å². The van der Waals surface area contributed by atoms with E-state index in [0.717, 1.165) is 48.0 Å². The predicted molar refractivity (Wildman–Crippen MR) is 145 cm³/mol. The Labute approximate surface area is 216 Å². The molecule has 7 heteroatoms. The van der Waals surface area contributed by atoms with Crippen molar-refractivity contribution in [3.63, 3.8) is 0 Å². The van der Waals surface area contributed by atoms with Gasteiger partial charge in [0.15, 0.2) is 11.0 Å². The number of anilines is 1. The molecule has 1 amide bonds. The molecule has 1 atom stereocenters. The third-order valence-electron chi connectivity index (χ3n) is 6.41. The van der Waals surface area contributed by atoms with E-state index in [2.05, 4.69) is 37.1 Å². The zero-order chi connectivity index (χ0) is 24.7. The summed E-state index contributed by atoms with van der Waals surface area (Å²) in [6.45, 7) is 4.94. The molecule has 1 aliphatic rings. The summed E-state index contributed by atoms with van der Waals surface area (Å²) in [5.41, 5.74) is 3.86. The number of hydrogen-bond acceptors (Lipinski definition) is 5. The number of rotatable bonds is 8. The summed E-state index contributed by atoms with van der Waals surface area (Å²) in [5, 5.41) is 12.5. The smallest absolute Gasteiger partial charge is 0.242 e. The summed E-state index contributed by atoms with van der Waals surface area (Å²) >= 11 is 1.44. The van der Waals surface area contributed by atoms with E-state index in [1.807, 2.05) is 79.7 Å². The maximum Gasteiger partial charge on any atom is 0.242 e. The van der Waals surface area contributed by atoms with E-state index in [1.54, 1.807) is 0 Å². The minimum absolute atomic E-state index is 0.0877. The zero-order valence-electron chi connectivity index (χ0n) is 20.5. The van der Waals surface area contributed by atoms with Gasteiger partial charge in [-0.15, -0.1) is 10.2 Å². The van der Waals surface area contributed by atoms with Crippen LogP contribution in [-0.4, -0.2) is 38.7 Å². The average Bonchev–Trinajstić information content (AvgIpc) is 3.32. The highest BCUT2D eigenvalue weighted by molar-refractivity contribution is 8.00. The molecule has 184 valence electrons. The fourth-order valence-corrected chi connectivity index (χ4v) is 5.56. The molecule has 6 nitrogen and oxygen atoms in total. The number of nitrogens with one attached hydrogen (secondary N) is 1. The van der Waals surface area contributed by atoms with Gasteiger partial charge in [-0.3, -0.25) is 14.3 Å². The number of hydrogen-bond donors (Lipinski definition) is 1. The van der Waals surface area contributed by atoms with Crippen molar-refractivity contribution in [3.8, 4) is 5.69 Å². The average molecular weight is 498 g/mol. The van der Waals surface area contributed by atoms with E-state index in [-0.39, 0.29) is 5.91 Å². The van der Waals surface area contributed by atoms with E-state index in [0.29, 0.717) is 5.16 Å². The Morgan fingerprint density at radius 1 is 0.889 bits per heavy atom. The van der Waals surface area contributed by atoms with Gasteiger partial charge < -0.3 is 5.32 Å². The van der Waals surface area contributed by atoms with Gasteiger partial charge in [0, 0.05) is 11.4 Å². The summed E-state index contributed by atoms with van der Waals surface area (Å²) in [4.78, 5) is 16.0. The van der Waals surface area contributed by atoms with Gasteiger partial charge in [-0.25, -0.2) is 0 Å². The van der Waals surface area contributed by atoms with Crippen LogP contribution in [0.5, 0.6) is 0 Å². The van der Waals surface area contributed by atoms with Crippen LogP contribution in [0.2, 0.25) is 0 Å². The molecule has 1 aliphatic heterocycles. The second-order valence-electron chi connectivity index (χ2n) is 9.17. The van der Waals surface area contributed by atoms with E-state index in [1.165, 1.54) is 31.0 Å². The molecule has 1 N–H and O–H groups in total. The molecule has 36 heavy (non-hydrogen) atoms. The zero-order valence-corrected chi connectivity index (χ0v) is 21.3. The lowest BCUT2D eigenvalue weighted by Crippen LogP contribution is -2.30. The minimum Gasteiger partial charge on any atom is -0.325 e. The highest BCUT2D eigenvalue weighted by atomic mass is 32.2. The Balaban J connectivity index is 1.47. The second kappa shape index (κ2) is 11.5. The number of piperidine rings is 1. The van der Waals surface area contributed by atoms with Crippen molar-refractivity contribution in [2.75, 3.05) is 18.4 Å². The first-order valence-electron chi connectivity index (χ1n) is 12.5. The van der Waals surface area contributed by atoms with Crippen molar-refractivity contribution in [1.29, 1.82) is 0 Å². The monoisotopic (exact) mass is 497 g/mol. The van der Waals surface area contributed by atoms with Crippen LogP contribution in [0, 0.1) is 6.92 Å². The van der Waals surface area contributed by atoms with Crippen LogP contribution in [0.4, 0.5) is 5.69 Å². The number of aromatic nitrogens is 3. The quantitative estimate of drug-likeness (QED) is 0.301. The highest BCUT2D eigenvalue weighted by Gasteiger charge is 2.27. The normalized spacial score (nSPS) is 14.9. The Kier molecular flexibility index (Phi) is 7.79. The Morgan fingerprint density at radius 2 is 1.56 bits per heavy atom. The van der Waals surface area contributed by atoms with Gasteiger partial charge in [0.1, 0.15) is 5.25 Å². The molecule has 1 aromatic heterocycles. The fourth-order valence-electron chi connectivity index (χ4n) is 4.48. The largest absolute Gasteiger partial charge is 0.325 e. The molecule has 0 saturated carbocycles. The molecule has 0 aliphatic carbocycles. The number of carbonyl (C=O) groups is 1. The van der Waals surface area contributed by atoms with Gasteiger partial charge in [-0.1, -0.05) is 84.4 Å². The lowest BCUT2D eigenvalue weighted by atomic mass is 10.1. The maximum absolute atomic E-state index is 13.6. The highest BCUT2D eigenvalue weighted by Crippen LogP contribution is 2.37. The first-order chi connectivity index (χ1) is 17.7. The number of nitrogens with zero attached hydrogens (tertiary/aromatic N) is 4. The number of aryl methyl sites for hydroxylation is 1. The van der Waals surface area contributed by atoms with Gasteiger partial charge in [-0.2, -0.15) is 0 Å². The van der Waals surface area contributed by atoms with Gasteiger partial charge in [0.2, 0.25) is 5.91 Å². The number of thioether (sulfide) groups is 1. The van der Waals surface area contributed by atoms with Gasteiger partial charge in [0.05, 0.1) is 6.54 Å². The lowest BCUT2D eigenvalue weighted by molar-refractivity contribution is -0.115. The van der Waals surface area contributed by atoms with Crippen LogP contribution in [0.25, 0.3) is 5.69 Å². The van der Waals surface area contributed by atoms with Crippen LogP contribution in [0.1, 0.15) is 41.5 Å². The Morgan fingerprint density at radius 3 is 2.25 bits per heavy atom. The van der Waals surface area contributed by atoms with Crippen molar-refractivity contribution >= 4 is 23.4 Å². The van der Waals surface area contributed by atoms with Gasteiger partial charge >= 0.3 is 0 Å². The molecule has 0 spiro atoms. The molecule has 1 fully saturated rings. The summed E-state index contributed by atoms with van der Waals surface area (Å²) in [6, 6.07) is 27.9. The molecule has 5 rings (SSSR count). The van der Waals surface area contributed by atoms with Crippen LogP contribution in [-0.2, 0) is 11.3 Å².